The molecule has 3 heterocycles. The molecule has 2 amide bonds. The standard InChI is InChI=1S/C29H35ClN6O4/c1-29(2,3)40-28(38)32-17-25(37)33-21-15-19-14-20(30)9-12-23(19)36-24(16-21)34-35-27(36)18-7-10-22(11-8-18)39-26-6-4-5-13-31-26/h4-6,9,12-14,18,21-22H,7-8,10-11,15-17H2,1-3H3,(H,32,38)(H,33,37)/t18-,21-,22-/m1/s1. The number of benzene rings is 1. The van der Waals surface area contributed by atoms with Gasteiger partial charge >= 0.3 is 6.09 Å². The average molecular weight is 567 g/mol. The van der Waals surface area contributed by atoms with Gasteiger partial charge in [-0.2, -0.15) is 0 Å². The van der Waals surface area contributed by atoms with Crippen molar-refractivity contribution in [3.63, 3.8) is 0 Å². The fourth-order valence-corrected chi connectivity index (χ4v) is 5.55. The molecule has 1 aliphatic carbocycles. The largest absolute Gasteiger partial charge is 0.474 e. The molecule has 2 aliphatic rings. The Labute approximate surface area is 238 Å². The van der Waals surface area contributed by atoms with Crippen LogP contribution >= 0.6 is 11.6 Å². The Morgan fingerprint density at radius 2 is 1.88 bits per heavy atom. The summed E-state index contributed by atoms with van der Waals surface area (Å²) in [6.07, 6.45) is 5.95. The first-order valence-corrected chi connectivity index (χ1v) is 14.1. The monoisotopic (exact) mass is 566 g/mol. The van der Waals surface area contributed by atoms with E-state index in [1.807, 2.05) is 36.4 Å². The van der Waals surface area contributed by atoms with Crippen molar-refractivity contribution in [2.24, 2.45) is 0 Å². The molecule has 5 rings (SSSR count). The van der Waals surface area contributed by atoms with Crippen molar-refractivity contribution in [1.29, 1.82) is 0 Å². The summed E-state index contributed by atoms with van der Waals surface area (Å²) in [7, 11) is 0. The number of carbonyl (C=O) groups excluding carboxylic acids is 2. The van der Waals surface area contributed by atoms with E-state index in [1.165, 1.54) is 0 Å². The number of nitrogens with one attached hydrogen (secondary N) is 2. The van der Waals surface area contributed by atoms with Crippen molar-refractivity contribution in [3.8, 4) is 11.6 Å². The number of carbonyl (C=O) groups is 2. The van der Waals surface area contributed by atoms with E-state index in [4.69, 9.17) is 21.1 Å². The Morgan fingerprint density at radius 1 is 1.07 bits per heavy atom. The highest BCUT2D eigenvalue weighted by Gasteiger charge is 2.32. The molecular weight excluding hydrogens is 532 g/mol. The first-order chi connectivity index (χ1) is 19.1. The summed E-state index contributed by atoms with van der Waals surface area (Å²) in [6, 6.07) is 11.2. The Hall–Kier alpha value is -3.66. The van der Waals surface area contributed by atoms with Crippen LogP contribution in [-0.2, 0) is 22.4 Å². The lowest BCUT2D eigenvalue weighted by Gasteiger charge is -2.28. The highest BCUT2D eigenvalue weighted by atomic mass is 35.5. The Balaban J connectivity index is 1.29. The van der Waals surface area contributed by atoms with Gasteiger partial charge in [-0.25, -0.2) is 9.78 Å². The maximum atomic E-state index is 12.7. The number of hydrogen-bond donors (Lipinski definition) is 2. The third kappa shape index (κ3) is 6.91. The first kappa shape index (κ1) is 27.9. The Morgan fingerprint density at radius 3 is 2.60 bits per heavy atom. The van der Waals surface area contributed by atoms with Gasteiger partial charge in [-0.15, -0.1) is 10.2 Å². The van der Waals surface area contributed by atoms with E-state index in [9.17, 15) is 9.59 Å². The second kappa shape index (κ2) is 11.8. The third-order valence-electron chi connectivity index (χ3n) is 7.05. The van der Waals surface area contributed by atoms with Gasteiger partial charge in [0.2, 0.25) is 11.8 Å². The van der Waals surface area contributed by atoms with Crippen LogP contribution in [0.1, 0.15) is 69.6 Å². The number of ether oxygens (including phenoxy) is 2. The topological polar surface area (TPSA) is 120 Å². The van der Waals surface area contributed by atoms with Gasteiger partial charge in [0.15, 0.2) is 0 Å². The normalized spacial score (nSPS) is 20.4. The molecule has 0 bridgehead atoms. The number of fused-ring (bicyclic) bond motifs is 3. The maximum absolute atomic E-state index is 12.7. The maximum Gasteiger partial charge on any atom is 0.408 e. The zero-order valence-electron chi connectivity index (χ0n) is 23.0. The third-order valence-corrected chi connectivity index (χ3v) is 7.29. The van der Waals surface area contributed by atoms with E-state index in [-0.39, 0.29) is 30.5 Å². The van der Waals surface area contributed by atoms with E-state index in [2.05, 4.69) is 30.4 Å². The van der Waals surface area contributed by atoms with Crippen LogP contribution in [0.4, 0.5) is 4.79 Å². The number of pyridine rings is 1. The van der Waals surface area contributed by atoms with Gasteiger partial charge in [0.25, 0.3) is 0 Å². The molecule has 3 aromatic rings. The lowest BCUT2D eigenvalue weighted by molar-refractivity contribution is -0.121. The molecule has 11 heteroatoms. The van der Waals surface area contributed by atoms with Gasteiger partial charge in [-0.1, -0.05) is 17.7 Å². The van der Waals surface area contributed by atoms with Crippen molar-refractivity contribution >= 4 is 23.6 Å². The van der Waals surface area contributed by atoms with Crippen LogP contribution in [0.25, 0.3) is 5.69 Å². The number of hydrogen-bond acceptors (Lipinski definition) is 7. The second-order valence-corrected chi connectivity index (χ2v) is 11.8. The lowest BCUT2D eigenvalue weighted by Crippen LogP contribution is -2.44. The molecule has 2 N–H and O–H groups in total. The van der Waals surface area contributed by atoms with Gasteiger partial charge in [-0.05, 0) is 82.7 Å². The predicted octanol–water partition coefficient (Wildman–Crippen LogP) is 4.53. The fourth-order valence-electron chi connectivity index (χ4n) is 5.36. The molecule has 1 aromatic carbocycles. The molecule has 0 spiro atoms. The van der Waals surface area contributed by atoms with Gasteiger partial charge in [-0.3, -0.25) is 9.36 Å². The smallest absolute Gasteiger partial charge is 0.408 e. The molecule has 1 atom stereocenters. The number of aromatic nitrogens is 4. The molecule has 1 saturated carbocycles. The van der Waals surface area contributed by atoms with Crippen molar-refractivity contribution < 1.29 is 19.1 Å². The van der Waals surface area contributed by atoms with Crippen molar-refractivity contribution in [1.82, 2.24) is 30.4 Å². The zero-order chi connectivity index (χ0) is 28.3. The van der Waals surface area contributed by atoms with Crippen molar-refractivity contribution in [3.05, 3.63) is 64.8 Å². The van der Waals surface area contributed by atoms with Crippen LogP contribution in [0.3, 0.4) is 0 Å². The molecule has 40 heavy (non-hydrogen) atoms. The van der Waals surface area contributed by atoms with Gasteiger partial charge in [0, 0.05) is 35.7 Å². The number of halogens is 1. The number of rotatable bonds is 6. The molecule has 0 unspecified atom stereocenters. The quantitative estimate of drug-likeness (QED) is 0.450. The van der Waals surface area contributed by atoms with Crippen LogP contribution < -0.4 is 15.4 Å². The van der Waals surface area contributed by atoms with Crippen LogP contribution in [-0.4, -0.2) is 56.0 Å². The van der Waals surface area contributed by atoms with E-state index in [1.54, 1.807) is 27.0 Å². The zero-order valence-corrected chi connectivity index (χ0v) is 23.8. The second-order valence-electron chi connectivity index (χ2n) is 11.4. The number of amides is 2. The first-order valence-electron chi connectivity index (χ1n) is 13.7. The molecule has 2 aromatic heterocycles. The van der Waals surface area contributed by atoms with Crippen LogP contribution in [0, 0.1) is 0 Å². The molecule has 1 fully saturated rings. The fraction of sp³-hybridized carbons (Fsp3) is 0.483. The summed E-state index contributed by atoms with van der Waals surface area (Å²) in [5.74, 6) is 2.29. The van der Waals surface area contributed by atoms with E-state index in [0.717, 1.165) is 48.6 Å². The van der Waals surface area contributed by atoms with Crippen LogP contribution in [0.15, 0.2) is 42.6 Å². The molecule has 10 nitrogen and oxygen atoms in total. The molecule has 0 saturated heterocycles. The molecule has 1 aliphatic heterocycles. The summed E-state index contributed by atoms with van der Waals surface area (Å²) < 4.78 is 13.5. The van der Waals surface area contributed by atoms with E-state index < -0.39 is 11.7 Å². The van der Waals surface area contributed by atoms with Crippen LogP contribution in [0.5, 0.6) is 5.88 Å². The summed E-state index contributed by atoms with van der Waals surface area (Å²) in [5, 5.41) is 15.4. The van der Waals surface area contributed by atoms with Crippen molar-refractivity contribution in [2.75, 3.05) is 6.54 Å². The van der Waals surface area contributed by atoms with Crippen molar-refractivity contribution in [2.45, 2.75) is 83.0 Å². The number of alkyl carbamates (subject to hydrolysis) is 1. The van der Waals surface area contributed by atoms with Crippen LogP contribution in [0.2, 0.25) is 5.02 Å². The van der Waals surface area contributed by atoms with E-state index in [0.29, 0.717) is 23.7 Å². The van der Waals surface area contributed by atoms with Gasteiger partial charge < -0.3 is 20.1 Å². The minimum absolute atomic E-state index is 0.123. The van der Waals surface area contributed by atoms with E-state index >= 15 is 0 Å². The summed E-state index contributed by atoms with van der Waals surface area (Å²) in [5.41, 5.74) is 1.34. The Bertz CT molecular complexity index is 1350. The average Bonchev–Trinajstić information content (AvgIpc) is 3.24. The van der Waals surface area contributed by atoms with Gasteiger partial charge in [0.05, 0.1) is 5.69 Å². The molecular formula is C29H35ClN6O4. The van der Waals surface area contributed by atoms with Gasteiger partial charge in [0.1, 0.15) is 29.9 Å². The minimum atomic E-state index is -0.641. The minimum Gasteiger partial charge on any atom is -0.474 e. The summed E-state index contributed by atoms with van der Waals surface area (Å²) >= 11 is 6.38. The Kier molecular flexibility index (Phi) is 8.25. The highest BCUT2D eigenvalue weighted by Crippen LogP contribution is 2.37. The highest BCUT2D eigenvalue weighted by molar-refractivity contribution is 6.30. The summed E-state index contributed by atoms with van der Waals surface area (Å²) in [6.45, 7) is 5.13. The SMILES string of the molecule is CC(C)(C)OC(=O)NCC(=O)N[C@@H]1Cc2cc(Cl)ccc2-n2c(nnc2[C@H]2CC[C@H](Oc3ccccn3)CC2)C1. The number of nitrogens with zero attached hydrogens (tertiary/aromatic N) is 4. The summed E-state index contributed by atoms with van der Waals surface area (Å²) in [4.78, 5) is 29.0. The predicted molar refractivity (Wildman–Crippen MR) is 150 cm³/mol. The molecule has 0 radical (unpaired) electrons. The molecule has 212 valence electrons. The lowest BCUT2D eigenvalue weighted by atomic mass is 9.86.